The van der Waals surface area contributed by atoms with E-state index in [0.717, 1.165) is 10.1 Å². The van der Waals surface area contributed by atoms with Gasteiger partial charge >= 0.3 is 0 Å². The van der Waals surface area contributed by atoms with Crippen LogP contribution in [0.25, 0.3) is 0 Å². The molecule has 0 saturated carbocycles. The number of anilines is 1. The van der Waals surface area contributed by atoms with Gasteiger partial charge in [-0.2, -0.15) is 0 Å². The number of hydrogen-bond donors (Lipinski definition) is 2. The lowest BCUT2D eigenvalue weighted by Crippen LogP contribution is -2.23. The number of imidazole rings is 1. The summed E-state index contributed by atoms with van der Waals surface area (Å²) in [5.74, 6) is -0.377. The number of aryl methyl sites for hydroxylation is 1. The number of aromatic nitrogens is 2. The first kappa shape index (κ1) is 20.1. The molecule has 2 aromatic carbocycles. The van der Waals surface area contributed by atoms with Crippen molar-refractivity contribution in [3.05, 3.63) is 66.5 Å². The van der Waals surface area contributed by atoms with E-state index < -0.39 is 10.0 Å². The Bertz CT molecular complexity index is 1080. The van der Waals surface area contributed by atoms with Gasteiger partial charge in [-0.05, 0) is 42.5 Å². The summed E-state index contributed by atoms with van der Waals surface area (Å²) >= 11 is 1.52. The zero-order valence-corrected chi connectivity index (χ0v) is 17.0. The molecule has 0 saturated heterocycles. The fraction of sp³-hybridized carbons (Fsp3) is 0.158. The van der Waals surface area contributed by atoms with Crippen LogP contribution in [0.1, 0.15) is 17.3 Å². The van der Waals surface area contributed by atoms with Crippen molar-refractivity contribution in [1.82, 2.24) is 14.3 Å². The molecular weight excluding hydrogens is 396 g/mol. The van der Waals surface area contributed by atoms with Gasteiger partial charge in [0.2, 0.25) is 10.0 Å². The van der Waals surface area contributed by atoms with Crippen LogP contribution in [-0.2, 0) is 17.1 Å². The molecule has 2 N–H and O–H groups in total. The number of carbonyl (C=O) groups is 1. The lowest BCUT2D eigenvalue weighted by Gasteiger charge is -2.09. The van der Waals surface area contributed by atoms with E-state index >= 15 is 0 Å². The van der Waals surface area contributed by atoms with Crippen LogP contribution in [0.4, 0.5) is 5.69 Å². The molecule has 3 aromatic rings. The summed E-state index contributed by atoms with van der Waals surface area (Å²) < 4.78 is 28.5. The molecule has 1 aromatic heterocycles. The van der Waals surface area contributed by atoms with Crippen molar-refractivity contribution >= 4 is 33.4 Å². The Hall–Kier alpha value is -2.62. The Kier molecular flexibility index (Phi) is 6.18. The zero-order chi connectivity index (χ0) is 20.1. The third-order valence-corrected chi connectivity index (χ3v) is 6.47. The molecule has 0 aliphatic rings. The van der Waals surface area contributed by atoms with Crippen LogP contribution in [0.15, 0.2) is 75.9 Å². The van der Waals surface area contributed by atoms with Crippen molar-refractivity contribution in [2.75, 3.05) is 11.9 Å². The summed E-state index contributed by atoms with van der Waals surface area (Å²) in [6.45, 7) is 1.98. The molecule has 0 bridgehead atoms. The summed E-state index contributed by atoms with van der Waals surface area (Å²) in [6, 6.07) is 13.3. The zero-order valence-electron chi connectivity index (χ0n) is 15.4. The van der Waals surface area contributed by atoms with E-state index in [1.807, 2.05) is 29.9 Å². The van der Waals surface area contributed by atoms with Gasteiger partial charge in [0.05, 0.1) is 4.90 Å². The maximum absolute atomic E-state index is 12.5. The summed E-state index contributed by atoms with van der Waals surface area (Å²) in [4.78, 5) is 17.8. The van der Waals surface area contributed by atoms with Crippen molar-refractivity contribution in [2.45, 2.75) is 21.9 Å². The third kappa shape index (κ3) is 4.80. The molecule has 0 atom stereocenters. The fourth-order valence-electron chi connectivity index (χ4n) is 2.44. The molecule has 28 heavy (non-hydrogen) atoms. The topological polar surface area (TPSA) is 93.1 Å². The molecule has 1 amide bonds. The van der Waals surface area contributed by atoms with Gasteiger partial charge in [0.25, 0.3) is 5.91 Å². The second kappa shape index (κ2) is 8.59. The van der Waals surface area contributed by atoms with Gasteiger partial charge in [-0.25, -0.2) is 18.1 Å². The first-order valence-corrected chi connectivity index (χ1v) is 10.9. The summed E-state index contributed by atoms with van der Waals surface area (Å²) in [6.07, 6.45) is 3.61. The van der Waals surface area contributed by atoms with E-state index in [-0.39, 0.29) is 22.9 Å². The molecule has 0 aliphatic carbocycles. The molecule has 0 radical (unpaired) electrons. The predicted molar refractivity (Wildman–Crippen MR) is 109 cm³/mol. The van der Waals surface area contributed by atoms with Crippen LogP contribution in [0.2, 0.25) is 0 Å². The summed E-state index contributed by atoms with van der Waals surface area (Å²) in [5, 5.41) is 3.65. The van der Waals surface area contributed by atoms with E-state index in [4.69, 9.17) is 0 Å². The minimum atomic E-state index is -3.61. The number of carbonyl (C=O) groups excluding carboxylic acids is 1. The smallest absolute Gasteiger partial charge is 0.255 e. The fourth-order valence-corrected chi connectivity index (χ4v) is 4.33. The molecule has 3 rings (SSSR count). The lowest BCUT2D eigenvalue weighted by atomic mass is 10.2. The van der Waals surface area contributed by atoms with E-state index in [1.54, 1.807) is 37.4 Å². The number of amides is 1. The first-order valence-electron chi connectivity index (χ1n) is 8.55. The maximum Gasteiger partial charge on any atom is 0.255 e. The predicted octanol–water partition coefficient (Wildman–Crippen LogP) is 3.12. The van der Waals surface area contributed by atoms with Gasteiger partial charge in [-0.15, -0.1) is 0 Å². The van der Waals surface area contributed by atoms with Crippen LogP contribution in [-0.4, -0.2) is 30.4 Å². The van der Waals surface area contributed by atoms with Gasteiger partial charge < -0.3 is 9.88 Å². The lowest BCUT2D eigenvalue weighted by molar-refractivity contribution is 0.102. The number of nitrogens with zero attached hydrogens (tertiary/aromatic N) is 2. The SMILES string of the molecule is CCNS(=O)(=O)c1cccc(C(=O)Nc2ccc(Sc3nccn3C)cc2)c1. The van der Waals surface area contributed by atoms with Crippen molar-refractivity contribution in [2.24, 2.45) is 7.05 Å². The van der Waals surface area contributed by atoms with Crippen molar-refractivity contribution < 1.29 is 13.2 Å². The minimum Gasteiger partial charge on any atom is -0.329 e. The molecule has 0 spiro atoms. The summed E-state index contributed by atoms with van der Waals surface area (Å²) in [5.41, 5.74) is 0.888. The van der Waals surface area contributed by atoms with Crippen LogP contribution in [0, 0.1) is 0 Å². The van der Waals surface area contributed by atoms with Gasteiger partial charge in [-0.3, -0.25) is 4.79 Å². The number of rotatable bonds is 7. The quantitative estimate of drug-likeness (QED) is 0.617. The highest BCUT2D eigenvalue weighted by Gasteiger charge is 2.15. The maximum atomic E-state index is 12.5. The van der Waals surface area contributed by atoms with Crippen LogP contribution in [0.5, 0.6) is 0 Å². The standard InChI is InChI=1S/C19H20N4O3S2/c1-3-21-28(25,26)17-6-4-5-14(13-17)18(24)22-15-7-9-16(10-8-15)27-19-20-11-12-23(19)2/h4-13,21H,3H2,1-2H3,(H,22,24). The van der Waals surface area contributed by atoms with Gasteiger partial charge in [0.1, 0.15) is 0 Å². The average molecular weight is 417 g/mol. The van der Waals surface area contributed by atoms with Crippen molar-refractivity contribution in [3.63, 3.8) is 0 Å². The van der Waals surface area contributed by atoms with E-state index in [1.165, 1.54) is 23.9 Å². The largest absolute Gasteiger partial charge is 0.329 e. The number of hydrogen-bond acceptors (Lipinski definition) is 5. The molecule has 1 heterocycles. The second-order valence-corrected chi connectivity index (χ2v) is 8.74. The van der Waals surface area contributed by atoms with Crippen LogP contribution < -0.4 is 10.0 Å². The van der Waals surface area contributed by atoms with Gasteiger partial charge in [-0.1, -0.05) is 24.8 Å². The van der Waals surface area contributed by atoms with Crippen molar-refractivity contribution in [1.29, 1.82) is 0 Å². The normalized spacial score (nSPS) is 11.4. The molecule has 146 valence electrons. The van der Waals surface area contributed by atoms with E-state index in [0.29, 0.717) is 5.69 Å². The third-order valence-electron chi connectivity index (χ3n) is 3.84. The van der Waals surface area contributed by atoms with Gasteiger partial charge in [0.15, 0.2) is 5.16 Å². The highest BCUT2D eigenvalue weighted by atomic mass is 32.2. The summed E-state index contributed by atoms with van der Waals surface area (Å²) in [7, 11) is -1.69. The Morgan fingerprint density at radius 1 is 1.18 bits per heavy atom. The Morgan fingerprint density at radius 3 is 2.57 bits per heavy atom. The molecule has 7 nitrogen and oxygen atoms in total. The highest BCUT2D eigenvalue weighted by molar-refractivity contribution is 7.99. The highest BCUT2D eigenvalue weighted by Crippen LogP contribution is 2.27. The molecule has 0 aliphatic heterocycles. The molecule has 0 fully saturated rings. The van der Waals surface area contributed by atoms with E-state index in [2.05, 4.69) is 15.0 Å². The monoisotopic (exact) mass is 416 g/mol. The second-order valence-electron chi connectivity index (χ2n) is 5.93. The minimum absolute atomic E-state index is 0.0591. The van der Waals surface area contributed by atoms with Gasteiger partial charge in [0, 0.05) is 42.1 Å². The van der Waals surface area contributed by atoms with E-state index in [9.17, 15) is 13.2 Å². The van der Waals surface area contributed by atoms with Crippen molar-refractivity contribution in [3.8, 4) is 0 Å². The van der Waals surface area contributed by atoms with Crippen LogP contribution >= 0.6 is 11.8 Å². The molecular formula is C19H20N4O3S2. The Balaban J connectivity index is 1.70. The van der Waals surface area contributed by atoms with Crippen LogP contribution in [0.3, 0.4) is 0 Å². The number of sulfonamides is 1. The Morgan fingerprint density at radius 2 is 1.93 bits per heavy atom. The Labute approximate surface area is 168 Å². The molecule has 9 heteroatoms. The number of benzene rings is 2. The average Bonchev–Trinajstić information content (AvgIpc) is 3.08. The molecule has 0 unspecified atom stereocenters. The first-order chi connectivity index (χ1) is 13.4. The number of nitrogens with one attached hydrogen (secondary N) is 2.